The minimum absolute atomic E-state index is 0.0112. The fourth-order valence-corrected chi connectivity index (χ4v) is 1.18. The number of hydrogen-bond acceptors (Lipinski definition) is 3. The van der Waals surface area contributed by atoms with E-state index < -0.39 is 5.97 Å². The van der Waals surface area contributed by atoms with Crippen molar-refractivity contribution in [2.75, 3.05) is 0 Å². The number of carbonyl (C=O) groups excluding carboxylic acids is 1. The molecule has 1 aromatic rings. The van der Waals surface area contributed by atoms with Crippen LogP contribution in [-0.4, -0.2) is 26.8 Å². The van der Waals surface area contributed by atoms with Crippen molar-refractivity contribution in [3.05, 3.63) is 18.0 Å². The Hall–Kier alpha value is -1.85. The summed E-state index contributed by atoms with van der Waals surface area (Å²) in [5.41, 5.74) is 0.908. The highest BCUT2D eigenvalue weighted by molar-refractivity contribution is 5.80. The molecular formula is C10H15N3O3. The van der Waals surface area contributed by atoms with Crippen molar-refractivity contribution >= 4 is 11.9 Å². The molecule has 1 amide bonds. The first-order valence-corrected chi connectivity index (χ1v) is 5.11. The third-order valence-corrected chi connectivity index (χ3v) is 2.07. The third-order valence-electron chi connectivity index (χ3n) is 2.07. The van der Waals surface area contributed by atoms with Crippen molar-refractivity contribution in [2.24, 2.45) is 0 Å². The van der Waals surface area contributed by atoms with Crippen LogP contribution < -0.4 is 5.32 Å². The molecule has 88 valence electrons. The number of hydrogen-bond donors (Lipinski definition) is 2. The van der Waals surface area contributed by atoms with Crippen LogP contribution in [0.1, 0.15) is 25.3 Å². The summed E-state index contributed by atoms with van der Waals surface area (Å²) in [6, 6.07) is 0. The highest BCUT2D eigenvalue weighted by Crippen LogP contribution is 1.97. The molecule has 0 aromatic carbocycles. The average molecular weight is 225 g/mol. The zero-order chi connectivity index (χ0) is 12.0. The standard InChI is InChI=1S/C10H15N3O3/c1-2-13-7-8(6-12-13)5-11-9(14)3-4-10(15)16/h6-7H,2-5H2,1H3,(H,11,14)(H,15,16). The number of aromatic nitrogens is 2. The lowest BCUT2D eigenvalue weighted by molar-refractivity contribution is -0.138. The zero-order valence-corrected chi connectivity index (χ0v) is 9.14. The lowest BCUT2D eigenvalue weighted by Gasteiger charge is -2.01. The number of aliphatic carboxylic acids is 1. The number of amides is 1. The molecule has 2 N–H and O–H groups in total. The van der Waals surface area contributed by atoms with Crippen molar-refractivity contribution in [1.29, 1.82) is 0 Å². The minimum Gasteiger partial charge on any atom is -0.481 e. The van der Waals surface area contributed by atoms with Crippen molar-refractivity contribution in [1.82, 2.24) is 15.1 Å². The molecule has 0 aliphatic heterocycles. The molecule has 1 aromatic heterocycles. The summed E-state index contributed by atoms with van der Waals surface area (Å²) in [6.45, 7) is 3.15. The molecule has 1 heterocycles. The Morgan fingerprint density at radius 2 is 2.25 bits per heavy atom. The van der Waals surface area contributed by atoms with Crippen molar-refractivity contribution in [3.63, 3.8) is 0 Å². The molecule has 0 unspecified atom stereocenters. The van der Waals surface area contributed by atoms with Gasteiger partial charge in [-0.15, -0.1) is 0 Å². The van der Waals surface area contributed by atoms with Crippen LogP contribution in [0.25, 0.3) is 0 Å². The van der Waals surface area contributed by atoms with Gasteiger partial charge in [0.25, 0.3) is 0 Å². The Morgan fingerprint density at radius 3 is 2.81 bits per heavy atom. The smallest absolute Gasteiger partial charge is 0.303 e. The van der Waals surface area contributed by atoms with Gasteiger partial charge in [-0.05, 0) is 6.92 Å². The van der Waals surface area contributed by atoms with E-state index in [1.54, 1.807) is 10.9 Å². The van der Waals surface area contributed by atoms with Gasteiger partial charge in [0.15, 0.2) is 0 Å². The molecule has 0 aliphatic rings. The Bertz CT molecular complexity index is 373. The van der Waals surface area contributed by atoms with Crippen molar-refractivity contribution in [3.8, 4) is 0 Å². The van der Waals surface area contributed by atoms with E-state index in [0.29, 0.717) is 6.54 Å². The zero-order valence-electron chi connectivity index (χ0n) is 9.14. The van der Waals surface area contributed by atoms with E-state index in [1.165, 1.54) is 0 Å². The molecule has 0 atom stereocenters. The summed E-state index contributed by atoms with van der Waals surface area (Å²) in [7, 11) is 0. The number of nitrogens with one attached hydrogen (secondary N) is 1. The fourth-order valence-electron chi connectivity index (χ4n) is 1.18. The normalized spacial score (nSPS) is 10.1. The average Bonchev–Trinajstić information content (AvgIpc) is 2.71. The molecule has 0 spiro atoms. The molecule has 0 saturated carbocycles. The fraction of sp³-hybridized carbons (Fsp3) is 0.500. The maximum absolute atomic E-state index is 11.2. The maximum Gasteiger partial charge on any atom is 0.303 e. The second-order valence-electron chi connectivity index (χ2n) is 3.37. The van der Waals surface area contributed by atoms with Crippen LogP contribution >= 0.6 is 0 Å². The molecule has 0 radical (unpaired) electrons. The van der Waals surface area contributed by atoms with E-state index in [9.17, 15) is 9.59 Å². The van der Waals surface area contributed by atoms with Crippen LogP contribution in [0, 0.1) is 0 Å². The van der Waals surface area contributed by atoms with Gasteiger partial charge >= 0.3 is 5.97 Å². The van der Waals surface area contributed by atoms with Gasteiger partial charge < -0.3 is 10.4 Å². The van der Waals surface area contributed by atoms with Crippen LogP contribution in [0.2, 0.25) is 0 Å². The first-order valence-electron chi connectivity index (χ1n) is 5.11. The van der Waals surface area contributed by atoms with Gasteiger partial charge in [-0.3, -0.25) is 14.3 Å². The maximum atomic E-state index is 11.2. The van der Waals surface area contributed by atoms with Gasteiger partial charge in [-0.25, -0.2) is 0 Å². The number of nitrogens with zero attached hydrogens (tertiary/aromatic N) is 2. The summed E-state index contributed by atoms with van der Waals surface area (Å²) in [4.78, 5) is 21.4. The Kier molecular flexibility index (Phi) is 4.50. The van der Waals surface area contributed by atoms with Gasteiger partial charge in [0.05, 0.1) is 12.6 Å². The van der Waals surface area contributed by atoms with Crippen LogP contribution in [0.3, 0.4) is 0 Å². The second-order valence-corrected chi connectivity index (χ2v) is 3.37. The van der Waals surface area contributed by atoms with E-state index in [1.807, 2.05) is 13.1 Å². The van der Waals surface area contributed by atoms with E-state index in [4.69, 9.17) is 5.11 Å². The highest BCUT2D eigenvalue weighted by Gasteiger charge is 2.05. The van der Waals surface area contributed by atoms with E-state index in [2.05, 4.69) is 10.4 Å². The number of carbonyl (C=O) groups is 2. The number of aryl methyl sites for hydroxylation is 1. The first-order chi connectivity index (χ1) is 7.61. The van der Waals surface area contributed by atoms with Gasteiger partial charge in [-0.2, -0.15) is 5.10 Å². The van der Waals surface area contributed by atoms with Gasteiger partial charge in [0.2, 0.25) is 5.91 Å². The summed E-state index contributed by atoms with van der Waals surface area (Å²) >= 11 is 0. The Morgan fingerprint density at radius 1 is 1.50 bits per heavy atom. The number of carboxylic acids is 1. The third kappa shape index (κ3) is 4.12. The summed E-state index contributed by atoms with van der Waals surface area (Å²) in [5, 5.41) is 15.1. The monoisotopic (exact) mass is 225 g/mol. The van der Waals surface area contributed by atoms with Gasteiger partial charge in [0.1, 0.15) is 0 Å². The number of rotatable bonds is 6. The summed E-state index contributed by atoms with van der Waals surface area (Å²) in [5.74, 6) is -1.22. The molecule has 0 aliphatic carbocycles. The van der Waals surface area contributed by atoms with E-state index in [0.717, 1.165) is 12.1 Å². The summed E-state index contributed by atoms with van der Waals surface area (Å²) in [6.07, 6.45) is 3.40. The van der Waals surface area contributed by atoms with Gasteiger partial charge in [0, 0.05) is 31.3 Å². The second kappa shape index (κ2) is 5.89. The molecule has 0 saturated heterocycles. The van der Waals surface area contributed by atoms with Crippen LogP contribution in [0.15, 0.2) is 12.4 Å². The van der Waals surface area contributed by atoms with Crippen LogP contribution in [0.5, 0.6) is 0 Å². The quantitative estimate of drug-likeness (QED) is 0.733. The Labute approximate surface area is 93.3 Å². The lowest BCUT2D eigenvalue weighted by Crippen LogP contribution is -2.23. The van der Waals surface area contributed by atoms with E-state index in [-0.39, 0.29) is 18.7 Å². The molecule has 0 bridgehead atoms. The molecule has 16 heavy (non-hydrogen) atoms. The molecule has 0 fully saturated rings. The van der Waals surface area contributed by atoms with Crippen molar-refractivity contribution < 1.29 is 14.7 Å². The Balaban J connectivity index is 2.28. The minimum atomic E-state index is -0.964. The highest BCUT2D eigenvalue weighted by atomic mass is 16.4. The largest absolute Gasteiger partial charge is 0.481 e. The molecule has 6 nitrogen and oxygen atoms in total. The number of carboxylic acid groups (broad SMARTS) is 1. The molecule has 6 heteroatoms. The molecular weight excluding hydrogens is 210 g/mol. The topological polar surface area (TPSA) is 84.2 Å². The SMILES string of the molecule is CCn1cc(CNC(=O)CCC(=O)O)cn1. The van der Waals surface area contributed by atoms with Crippen molar-refractivity contribution in [2.45, 2.75) is 32.9 Å². The van der Waals surface area contributed by atoms with E-state index >= 15 is 0 Å². The lowest BCUT2D eigenvalue weighted by atomic mass is 10.3. The predicted octanol–water partition coefficient (Wildman–Crippen LogP) is 0.384. The van der Waals surface area contributed by atoms with Gasteiger partial charge in [-0.1, -0.05) is 0 Å². The first kappa shape index (κ1) is 12.2. The molecule has 1 rings (SSSR count). The predicted molar refractivity (Wildman–Crippen MR) is 56.6 cm³/mol. The van der Waals surface area contributed by atoms with Crippen LogP contribution in [-0.2, 0) is 22.7 Å². The van der Waals surface area contributed by atoms with Crippen LogP contribution in [0.4, 0.5) is 0 Å². The summed E-state index contributed by atoms with van der Waals surface area (Å²) < 4.78 is 1.76.